The summed E-state index contributed by atoms with van der Waals surface area (Å²) in [5, 5.41) is 10.9. The van der Waals surface area contributed by atoms with Crippen molar-refractivity contribution in [1.29, 1.82) is 0 Å². The van der Waals surface area contributed by atoms with Crippen LogP contribution in [0.15, 0.2) is 30.5 Å². The highest BCUT2D eigenvalue weighted by molar-refractivity contribution is 5.60. The van der Waals surface area contributed by atoms with Crippen LogP contribution in [0.1, 0.15) is 31.7 Å². The van der Waals surface area contributed by atoms with Crippen molar-refractivity contribution in [3.8, 4) is 5.88 Å². The average Bonchev–Trinajstić information content (AvgIpc) is 2.63. The molecule has 0 spiro atoms. The number of ether oxygens (including phenoxy) is 1. The summed E-state index contributed by atoms with van der Waals surface area (Å²) in [5.41, 5.74) is -0.849. The summed E-state index contributed by atoms with van der Waals surface area (Å²) < 4.78 is 44.8. The van der Waals surface area contributed by atoms with Crippen molar-refractivity contribution in [3.63, 3.8) is 0 Å². The van der Waals surface area contributed by atoms with Gasteiger partial charge in [-0.05, 0) is 12.5 Å². The summed E-state index contributed by atoms with van der Waals surface area (Å²) in [4.78, 5) is 19.3. The van der Waals surface area contributed by atoms with Crippen molar-refractivity contribution in [3.05, 3.63) is 46.1 Å². The maximum absolute atomic E-state index is 13.2. The fourth-order valence-electron chi connectivity index (χ4n) is 2.28. The molecule has 0 radical (unpaired) electrons. The third-order valence-corrected chi connectivity index (χ3v) is 3.76. The molecule has 10 heteroatoms. The highest BCUT2D eigenvalue weighted by Gasteiger charge is 2.36. The van der Waals surface area contributed by atoms with E-state index < -0.39 is 22.5 Å². The Labute approximate surface area is 154 Å². The molecule has 1 aromatic heterocycles. The van der Waals surface area contributed by atoms with Crippen molar-refractivity contribution < 1.29 is 22.8 Å². The molecule has 0 N–H and O–H groups in total. The second kappa shape index (κ2) is 8.65. The van der Waals surface area contributed by atoms with Crippen LogP contribution < -0.4 is 9.64 Å². The molecule has 1 heterocycles. The minimum absolute atomic E-state index is 0.0611. The normalized spacial score (nSPS) is 11.3. The lowest BCUT2D eigenvalue weighted by Crippen LogP contribution is -2.17. The van der Waals surface area contributed by atoms with Gasteiger partial charge < -0.3 is 9.64 Å². The molecule has 0 unspecified atom stereocenters. The van der Waals surface area contributed by atoms with Crippen LogP contribution >= 0.6 is 0 Å². The highest BCUT2D eigenvalue weighted by atomic mass is 19.4. The molecule has 2 rings (SSSR count). The van der Waals surface area contributed by atoms with Gasteiger partial charge in [-0.15, -0.1) is 0 Å². The predicted octanol–water partition coefficient (Wildman–Crippen LogP) is 4.74. The van der Waals surface area contributed by atoms with E-state index in [4.69, 9.17) is 4.74 Å². The van der Waals surface area contributed by atoms with Crippen LogP contribution in [0.3, 0.4) is 0 Å². The summed E-state index contributed by atoms with van der Waals surface area (Å²) in [7, 11) is 1.50. The van der Waals surface area contributed by atoms with Crippen LogP contribution in [-0.4, -0.2) is 28.5 Å². The fourth-order valence-corrected chi connectivity index (χ4v) is 2.28. The number of hydrogen-bond acceptors (Lipinski definition) is 6. The molecule has 0 aliphatic rings. The SMILES string of the molecule is CCCCCOc1nc(N(C)c2cccc([N+](=O)[O-])c2)ncc1C(F)(F)F. The van der Waals surface area contributed by atoms with Crippen molar-refractivity contribution in [1.82, 2.24) is 9.97 Å². The molecule has 0 aliphatic carbocycles. The zero-order valence-electron chi connectivity index (χ0n) is 14.9. The molecule has 2 aromatic rings. The Balaban J connectivity index is 2.33. The lowest BCUT2D eigenvalue weighted by Gasteiger charge is -2.19. The van der Waals surface area contributed by atoms with Crippen molar-refractivity contribution >= 4 is 17.3 Å². The molecule has 0 saturated carbocycles. The van der Waals surface area contributed by atoms with Crippen molar-refractivity contribution in [2.75, 3.05) is 18.6 Å². The van der Waals surface area contributed by atoms with Crippen LogP contribution in [0.2, 0.25) is 0 Å². The van der Waals surface area contributed by atoms with Gasteiger partial charge in [-0.1, -0.05) is 25.8 Å². The minimum Gasteiger partial charge on any atom is -0.477 e. The van der Waals surface area contributed by atoms with E-state index in [9.17, 15) is 23.3 Å². The summed E-state index contributed by atoms with van der Waals surface area (Å²) in [6.45, 7) is 2.08. The van der Waals surface area contributed by atoms with Gasteiger partial charge in [0.15, 0.2) is 0 Å². The lowest BCUT2D eigenvalue weighted by molar-refractivity contribution is -0.384. The number of nitro benzene ring substituents is 1. The number of halogens is 3. The summed E-state index contributed by atoms with van der Waals surface area (Å²) in [6, 6.07) is 5.63. The van der Waals surface area contributed by atoms with E-state index in [1.165, 1.54) is 30.1 Å². The maximum Gasteiger partial charge on any atom is 0.423 e. The van der Waals surface area contributed by atoms with Gasteiger partial charge in [-0.25, -0.2) is 4.98 Å². The standard InChI is InChI=1S/C17H19F3N4O3/c1-3-4-5-9-27-15-14(17(18,19)20)11-21-16(22-15)23(2)12-7-6-8-13(10-12)24(25)26/h6-8,10-11H,3-5,9H2,1-2H3. The molecular weight excluding hydrogens is 365 g/mol. The molecule has 0 fully saturated rings. The number of unbranched alkanes of at least 4 members (excludes halogenated alkanes) is 2. The Morgan fingerprint density at radius 1 is 1.30 bits per heavy atom. The second-order valence-corrected chi connectivity index (χ2v) is 5.78. The fraction of sp³-hybridized carbons (Fsp3) is 0.412. The molecule has 146 valence electrons. The Morgan fingerprint density at radius 2 is 2.04 bits per heavy atom. The minimum atomic E-state index is -4.65. The molecular formula is C17H19F3N4O3. The van der Waals surface area contributed by atoms with Crippen LogP contribution in [0.25, 0.3) is 0 Å². The molecule has 0 bridgehead atoms. The van der Waals surface area contributed by atoms with Crippen LogP contribution in [-0.2, 0) is 6.18 Å². The van der Waals surface area contributed by atoms with E-state index >= 15 is 0 Å². The van der Waals surface area contributed by atoms with Gasteiger partial charge in [-0.3, -0.25) is 10.1 Å². The van der Waals surface area contributed by atoms with Crippen LogP contribution in [0, 0.1) is 10.1 Å². The van der Waals surface area contributed by atoms with E-state index in [1.54, 1.807) is 6.07 Å². The topological polar surface area (TPSA) is 81.4 Å². The molecule has 0 amide bonds. The van der Waals surface area contributed by atoms with E-state index in [1.807, 2.05) is 6.92 Å². The van der Waals surface area contributed by atoms with Crippen LogP contribution in [0.4, 0.5) is 30.5 Å². The van der Waals surface area contributed by atoms with Gasteiger partial charge >= 0.3 is 6.18 Å². The Bertz CT molecular complexity index is 799. The lowest BCUT2D eigenvalue weighted by atomic mass is 10.2. The molecule has 1 aromatic carbocycles. The highest BCUT2D eigenvalue weighted by Crippen LogP contribution is 2.36. The van der Waals surface area contributed by atoms with Gasteiger partial charge in [0.25, 0.3) is 5.69 Å². The monoisotopic (exact) mass is 384 g/mol. The number of nitrogens with zero attached hydrogens (tertiary/aromatic N) is 4. The smallest absolute Gasteiger partial charge is 0.423 e. The molecule has 27 heavy (non-hydrogen) atoms. The number of benzene rings is 1. The van der Waals surface area contributed by atoms with Gasteiger partial charge in [0.05, 0.1) is 17.2 Å². The zero-order chi connectivity index (χ0) is 20.0. The van der Waals surface area contributed by atoms with E-state index in [-0.39, 0.29) is 18.2 Å². The van der Waals surface area contributed by atoms with Crippen molar-refractivity contribution in [2.45, 2.75) is 32.4 Å². The molecule has 0 aliphatic heterocycles. The predicted molar refractivity (Wildman–Crippen MR) is 93.2 cm³/mol. The third kappa shape index (κ3) is 5.28. The molecule has 0 saturated heterocycles. The van der Waals surface area contributed by atoms with Gasteiger partial charge in [-0.2, -0.15) is 18.2 Å². The molecule has 0 atom stereocenters. The quantitative estimate of drug-likeness (QED) is 0.371. The third-order valence-electron chi connectivity index (χ3n) is 3.76. The van der Waals surface area contributed by atoms with E-state index in [0.29, 0.717) is 18.3 Å². The van der Waals surface area contributed by atoms with Crippen LogP contribution in [0.5, 0.6) is 5.88 Å². The number of rotatable bonds is 8. The molecule has 7 nitrogen and oxygen atoms in total. The summed E-state index contributed by atoms with van der Waals surface area (Å²) >= 11 is 0. The summed E-state index contributed by atoms with van der Waals surface area (Å²) in [5.74, 6) is -0.616. The average molecular weight is 384 g/mol. The van der Waals surface area contributed by atoms with Crippen molar-refractivity contribution in [2.24, 2.45) is 0 Å². The first-order valence-corrected chi connectivity index (χ1v) is 8.29. The zero-order valence-corrected chi connectivity index (χ0v) is 14.9. The first kappa shape index (κ1) is 20.4. The maximum atomic E-state index is 13.2. The van der Waals surface area contributed by atoms with E-state index in [2.05, 4.69) is 9.97 Å². The number of alkyl halides is 3. The van der Waals surface area contributed by atoms with Gasteiger partial charge in [0.1, 0.15) is 5.56 Å². The Morgan fingerprint density at radius 3 is 2.67 bits per heavy atom. The number of non-ortho nitro benzene ring substituents is 1. The van der Waals surface area contributed by atoms with Gasteiger partial charge in [0, 0.05) is 25.4 Å². The van der Waals surface area contributed by atoms with Gasteiger partial charge in [0.2, 0.25) is 11.8 Å². The first-order valence-electron chi connectivity index (χ1n) is 8.29. The summed E-state index contributed by atoms with van der Waals surface area (Å²) in [6.07, 6.45) is -1.66. The number of anilines is 2. The Kier molecular flexibility index (Phi) is 6.54. The number of hydrogen-bond donors (Lipinski definition) is 0. The largest absolute Gasteiger partial charge is 0.477 e. The number of nitro groups is 1. The van der Waals surface area contributed by atoms with E-state index in [0.717, 1.165) is 12.8 Å². The Hall–Kier alpha value is -2.91. The first-order chi connectivity index (χ1) is 12.7. The second-order valence-electron chi connectivity index (χ2n) is 5.78. The number of aromatic nitrogens is 2.